The third-order valence-electron chi connectivity index (χ3n) is 4.64. The number of piperidine rings is 1. The van der Waals surface area contributed by atoms with Gasteiger partial charge in [0.05, 0.1) is 6.10 Å². The maximum Gasteiger partial charge on any atom is 0.0727 e. The predicted molar refractivity (Wildman–Crippen MR) is 86.2 cm³/mol. The minimum atomic E-state index is -0.299. The number of aliphatic hydroxyl groups is 1. The average molecular weight is 281 g/mol. The van der Waals surface area contributed by atoms with Crippen LogP contribution < -0.4 is 5.32 Å². The van der Waals surface area contributed by atoms with Crippen LogP contribution in [0, 0.1) is 5.41 Å². The van der Waals surface area contributed by atoms with Gasteiger partial charge in [-0.15, -0.1) is 0 Å². The third kappa shape index (κ3) is 3.34. The molecule has 0 radical (unpaired) electrons. The molecule has 0 aromatic heterocycles. The van der Waals surface area contributed by atoms with Gasteiger partial charge < -0.3 is 10.4 Å². The van der Waals surface area contributed by atoms with E-state index in [1.165, 1.54) is 11.1 Å². The second-order valence-corrected chi connectivity index (χ2v) is 6.16. The van der Waals surface area contributed by atoms with Gasteiger partial charge >= 0.3 is 0 Å². The molecule has 1 atom stereocenters. The number of aliphatic hydroxyl groups excluding tert-OH is 1. The standard InChI is InChI=1S/C19H23NO/c21-18-15-20-12-11-19(18,13-16-7-3-1-4-8-16)14-17-9-5-2-6-10-17/h1-10,18,20-21H,11-15H2. The summed E-state index contributed by atoms with van der Waals surface area (Å²) < 4.78 is 0. The summed E-state index contributed by atoms with van der Waals surface area (Å²) in [6, 6.07) is 21.1. The first-order valence-corrected chi connectivity index (χ1v) is 7.75. The maximum absolute atomic E-state index is 10.7. The molecule has 0 bridgehead atoms. The first kappa shape index (κ1) is 14.3. The Hall–Kier alpha value is -1.64. The summed E-state index contributed by atoms with van der Waals surface area (Å²) >= 11 is 0. The van der Waals surface area contributed by atoms with Crippen LogP contribution >= 0.6 is 0 Å². The van der Waals surface area contributed by atoms with E-state index >= 15 is 0 Å². The normalized spacial score (nSPS) is 21.1. The molecule has 2 nitrogen and oxygen atoms in total. The Morgan fingerprint density at radius 2 is 1.43 bits per heavy atom. The van der Waals surface area contributed by atoms with Crippen molar-refractivity contribution in [3.63, 3.8) is 0 Å². The third-order valence-corrected chi connectivity index (χ3v) is 4.64. The van der Waals surface area contributed by atoms with Gasteiger partial charge in [0.1, 0.15) is 0 Å². The molecule has 110 valence electrons. The second-order valence-electron chi connectivity index (χ2n) is 6.16. The Balaban J connectivity index is 1.87. The number of rotatable bonds is 4. The number of nitrogens with one attached hydrogen (secondary N) is 1. The van der Waals surface area contributed by atoms with Gasteiger partial charge in [-0.2, -0.15) is 0 Å². The molecule has 21 heavy (non-hydrogen) atoms. The molecule has 2 N–H and O–H groups in total. The van der Waals surface area contributed by atoms with Crippen LogP contribution in [-0.4, -0.2) is 24.3 Å². The molecule has 3 rings (SSSR count). The van der Waals surface area contributed by atoms with Crippen molar-refractivity contribution in [3.8, 4) is 0 Å². The molecule has 2 heteroatoms. The summed E-state index contributed by atoms with van der Waals surface area (Å²) in [6.07, 6.45) is 2.58. The fraction of sp³-hybridized carbons (Fsp3) is 0.368. The number of β-amino-alcohol motifs (C(OH)–C–C–N with tert-alkyl or cyclic N) is 1. The number of hydrogen-bond donors (Lipinski definition) is 2. The molecule has 0 saturated carbocycles. The molecular weight excluding hydrogens is 258 g/mol. The van der Waals surface area contributed by atoms with E-state index in [1.54, 1.807) is 0 Å². The van der Waals surface area contributed by atoms with Crippen LogP contribution in [0.5, 0.6) is 0 Å². The molecule has 1 fully saturated rings. The van der Waals surface area contributed by atoms with Crippen LogP contribution in [-0.2, 0) is 12.8 Å². The van der Waals surface area contributed by atoms with E-state index in [2.05, 4.69) is 53.8 Å². The zero-order valence-electron chi connectivity index (χ0n) is 12.3. The quantitative estimate of drug-likeness (QED) is 0.903. The molecule has 0 aliphatic carbocycles. The zero-order chi connectivity index (χ0) is 14.5. The summed E-state index contributed by atoms with van der Waals surface area (Å²) in [4.78, 5) is 0. The lowest BCUT2D eigenvalue weighted by atomic mass is 9.68. The first-order chi connectivity index (χ1) is 10.3. The Labute approximate surface area is 126 Å². The smallest absolute Gasteiger partial charge is 0.0727 e. The predicted octanol–water partition coefficient (Wildman–Crippen LogP) is 2.81. The van der Waals surface area contributed by atoms with Gasteiger partial charge in [0, 0.05) is 12.0 Å². The van der Waals surface area contributed by atoms with E-state index in [0.717, 1.165) is 25.8 Å². The number of benzene rings is 2. The second kappa shape index (κ2) is 6.42. The summed E-state index contributed by atoms with van der Waals surface area (Å²) in [7, 11) is 0. The maximum atomic E-state index is 10.7. The van der Waals surface area contributed by atoms with Gasteiger partial charge in [-0.25, -0.2) is 0 Å². The largest absolute Gasteiger partial charge is 0.391 e. The van der Waals surface area contributed by atoms with E-state index in [1.807, 2.05) is 12.1 Å². The van der Waals surface area contributed by atoms with Gasteiger partial charge in [0.15, 0.2) is 0 Å². The van der Waals surface area contributed by atoms with E-state index in [-0.39, 0.29) is 11.5 Å². The van der Waals surface area contributed by atoms with Gasteiger partial charge in [0.25, 0.3) is 0 Å². The molecule has 1 aliphatic rings. The minimum absolute atomic E-state index is 0.0616. The van der Waals surface area contributed by atoms with Gasteiger partial charge in [-0.3, -0.25) is 0 Å². The van der Waals surface area contributed by atoms with Crippen LogP contribution in [0.2, 0.25) is 0 Å². The SMILES string of the molecule is OC1CNCCC1(Cc1ccccc1)Cc1ccccc1. The van der Waals surface area contributed by atoms with E-state index < -0.39 is 0 Å². The Kier molecular flexibility index (Phi) is 4.37. The summed E-state index contributed by atoms with van der Waals surface area (Å²) in [5.41, 5.74) is 2.57. The van der Waals surface area contributed by atoms with Crippen molar-refractivity contribution in [2.24, 2.45) is 5.41 Å². The zero-order valence-corrected chi connectivity index (χ0v) is 12.3. The topological polar surface area (TPSA) is 32.3 Å². The molecule has 1 aliphatic heterocycles. The molecule has 1 unspecified atom stereocenters. The molecule has 2 aromatic carbocycles. The van der Waals surface area contributed by atoms with Crippen molar-refractivity contribution < 1.29 is 5.11 Å². The van der Waals surface area contributed by atoms with Crippen molar-refractivity contribution in [2.75, 3.05) is 13.1 Å². The number of hydrogen-bond acceptors (Lipinski definition) is 2. The van der Waals surface area contributed by atoms with Crippen molar-refractivity contribution in [3.05, 3.63) is 71.8 Å². The Bertz CT molecular complexity index is 511. The lowest BCUT2D eigenvalue weighted by Crippen LogP contribution is -2.51. The monoisotopic (exact) mass is 281 g/mol. The highest BCUT2D eigenvalue weighted by Crippen LogP contribution is 2.36. The van der Waals surface area contributed by atoms with E-state index in [0.29, 0.717) is 6.54 Å². The molecule has 0 spiro atoms. The molecular formula is C19H23NO. The first-order valence-electron chi connectivity index (χ1n) is 7.75. The van der Waals surface area contributed by atoms with Crippen molar-refractivity contribution in [1.29, 1.82) is 0 Å². The van der Waals surface area contributed by atoms with E-state index in [9.17, 15) is 5.11 Å². The van der Waals surface area contributed by atoms with Crippen LogP contribution in [0.1, 0.15) is 17.5 Å². The van der Waals surface area contributed by atoms with Crippen LogP contribution in [0.25, 0.3) is 0 Å². The van der Waals surface area contributed by atoms with E-state index in [4.69, 9.17) is 0 Å². The molecule has 0 amide bonds. The van der Waals surface area contributed by atoms with Gasteiger partial charge in [-0.1, -0.05) is 60.7 Å². The van der Waals surface area contributed by atoms with Crippen LogP contribution in [0.15, 0.2) is 60.7 Å². The Morgan fingerprint density at radius 3 is 1.90 bits per heavy atom. The minimum Gasteiger partial charge on any atom is -0.391 e. The van der Waals surface area contributed by atoms with Crippen LogP contribution in [0.4, 0.5) is 0 Å². The summed E-state index contributed by atoms with van der Waals surface area (Å²) in [5, 5.41) is 14.0. The average Bonchev–Trinajstić information content (AvgIpc) is 2.52. The molecule has 2 aromatic rings. The van der Waals surface area contributed by atoms with Crippen molar-refractivity contribution in [1.82, 2.24) is 5.32 Å². The lowest BCUT2D eigenvalue weighted by molar-refractivity contribution is -0.00112. The lowest BCUT2D eigenvalue weighted by Gasteiger charge is -2.42. The molecule has 1 saturated heterocycles. The van der Waals surface area contributed by atoms with Crippen LogP contribution in [0.3, 0.4) is 0 Å². The van der Waals surface area contributed by atoms with Gasteiger partial charge in [0.2, 0.25) is 0 Å². The highest BCUT2D eigenvalue weighted by molar-refractivity contribution is 5.22. The van der Waals surface area contributed by atoms with Crippen molar-refractivity contribution in [2.45, 2.75) is 25.4 Å². The fourth-order valence-electron chi connectivity index (χ4n) is 3.44. The summed E-state index contributed by atoms with van der Waals surface area (Å²) in [6.45, 7) is 1.68. The highest BCUT2D eigenvalue weighted by atomic mass is 16.3. The fourth-order valence-corrected chi connectivity index (χ4v) is 3.44. The van der Waals surface area contributed by atoms with Crippen molar-refractivity contribution >= 4 is 0 Å². The highest BCUT2D eigenvalue weighted by Gasteiger charge is 2.39. The molecule has 1 heterocycles. The van der Waals surface area contributed by atoms with Gasteiger partial charge in [-0.05, 0) is 36.9 Å². The Morgan fingerprint density at radius 1 is 0.905 bits per heavy atom. The summed E-state index contributed by atoms with van der Waals surface area (Å²) in [5.74, 6) is 0.